The Kier molecular flexibility index (Phi) is 6.52. The fourth-order valence-corrected chi connectivity index (χ4v) is 4.48. The van der Waals surface area contributed by atoms with Crippen LogP contribution in [0.5, 0.6) is 0 Å². The minimum absolute atomic E-state index is 0.106. The predicted octanol–water partition coefficient (Wildman–Crippen LogP) is 5.83. The van der Waals surface area contributed by atoms with Crippen molar-refractivity contribution in [3.05, 3.63) is 69.1 Å². The van der Waals surface area contributed by atoms with Gasteiger partial charge in [0.15, 0.2) is 0 Å². The standard InChI is InChI=1S/C21H17ClF3N5O2S/c22-12-7-9-13(10-8-12)26-17(31)19-29-28-18(33-19)16-6-3-11-30(16)20(32)27-15-5-2-1-4-14(15)21(23,24)25/h1-2,4-5,7-10,16H,3,6,11H2,(H,26,31)(H,27,32). The van der Waals surface area contributed by atoms with Gasteiger partial charge in [-0.1, -0.05) is 35.1 Å². The van der Waals surface area contributed by atoms with Crippen molar-refractivity contribution in [2.45, 2.75) is 25.1 Å². The smallest absolute Gasteiger partial charge is 0.320 e. The molecule has 1 saturated heterocycles. The molecule has 1 unspecified atom stereocenters. The number of alkyl halides is 3. The monoisotopic (exact) mass is 495 g/mol. The number of carbonyl (C=O) groups excluding carboxylic acids is 2. The molecule has 1 fully saturated rings. The molecule has 3 amide bonds. The van der Waals surface area contributed by atoms with Crippen LogP contribution in [0.1, 0.15) is 39.3 Å². The molecule has 0 bridgehead atoms. The second kappa shape index (κ2) is 9.36. The summed E-state index contributed by atoms with van der Waals surface area (Å²) in [5.41, 5.74) is -0.710. The quantitative estimate of drug-likeness (QED) is 0.476. The summed E-state index contributed by atoms with van der Waals surface area (Å²) in [5.74, 6) is -0.464. The Hall–Kier alpha value is -3.18. The fraction of sp³-hybridized carbons (Fsp3) is 0.238. The summed E-state index contributed by atoms with van der Waals surface area (Å²) in [6.07, 6.45) is -3.40. The summed E-state index contributed by atoms with van der Waals surface area (Å²) in [6.45, 7) is 0.344. The van der Waals surface area contributed by atoms with Gasteiger partial charge < -0.3 is 15.5 Å². The number of para-hydroxylation sites is 1. The molecule has 1 aromatic heterocycles. The lowest BCUT2D eigenvalue weighted by molar-refractivity contribution is -0.136. The number of halogens is 4. The van der Waals surface area contributed by atoms with Crippen molar-refractivity contribution in [2.24, 2.45) is 0 Å². The van der Waals surface area contributed by atoms with Crippen LogP contribution in [0.25, 0.3) is 0 Å². The summed E-state index contributed by atoms with van der Waals surface area (Å²) in [5, 5.41) is 14.1. The lowest BCUT2D eigenvalue weighted by atomic mass is 10.1. The van der Waals surface area contributed by atoms with Crippen LogP contribution in [0.2, 0.25) is 5.02 Å². The molecule has 1 atom stereocenters. The maximum absolute atomic E-state index is 13.2. The van der Waals surface area contributed by atoms with E-state index in [-0.39, 0.29) is 10.7 Å². The zero-order chi connectivity index (χ0) is 23.6. The maximum atomic E-state index is 13.2. The molecule has 172 valence electrons. The third kappa shape index (κ3) is 5.25. The molecule has 0 aliphatic carbocycles. The molecule has 2 aromatic carbocycles. The Balaban J connectivity index is 1.47. The van der Waals surface area contributed by atoms with Crippen LogP contribution in [0.4, 0.5) is 29.3 Å². The van der Waals surface area contributed by atoms with E-state index in [0.29, 0.717) is 35.1 Å². The van der Waals surface area contributed by atoms with Crippen molar-refractivity contribution >= 4 is 46.3 Å². The molecule has 0 radical (unpaired) electrons. The fourth-order valence-electron chi connectivity index (χ4n) is 3.47. The van der Waals surface area contributed by atoms with Crippen LogP contribution in [0.15, 0.2) is 48.5 Å². The minimum atomic E-state index is -4.60. The van der Waals surface area contributed by atoms with E-state index in [2.05, 4.69) is 20.8 Å². The lowest BCUT2D eigenvalue weighted by Gasteiger charge is -2.24. The normalized spacial score (nSPS) is 16.0. The Bertz CT molecular complexity index is 1170. The summed E-state index contributed by atoms with van der Waals surface area (Å²) in [6, 6.07) is 10.2. The van der Waals surface area contributed by atoms with Gasteiger partial charge in [-0.2, -0.15) is 13.2 Å². The van der Waals surface area contributed by atoms with Gasteiger partial charge in [0, 0.05) is 17.3 Å². The minimum Gasteiger partial charge on any atom is -0.320 e. The highest BCUT2D eigenvalue weighted by Gasteiger charge is 2.36. The Morgan fingerprint density at radius 2 is 1.79 bits per heavy atom. The van der Waals surface area contributed by atoms with E-state index < -0.39 is 29.7 Å². The first-order valence-corrected chi connectivity index (χ1v) is 11.1. The number of benzene rings is 2. The average molecular weight is 496 g/mol. The van der Waals surface area contributed by atoms with E-state index >= 15 is 0 Å². The molecular weight excluding hydrogens is 479 g/mol. The van der Waals surface area contributed by atoms with Crippen LogP contribution in [-0.4, -0.2) is 33.6 Å². The van der Waals surface area contributed by atoms with Crippen molar-refractivity contribution in [1.82, 2.24) is 15.1 Å². The van der Waals surface area contributed by atoms with Crippen molar-refractivity contribution in [3.63, 3.8) is 0 Å². The molecule has 7 nitrogen and oxygen atoms in total. The first kappa shape index (κ1) is 23.0. The second-order valence-electron chi connectivity index (χ2n) is 7.23. The van der Waals surface area contributed by atoms with E-state index in [1.165, 1.54) is 23.1 Å². The first-order valence-electron chi connectivity index (χ1n) is 9.86. The van der Waals surface area contributed by atoms with Gasteiger partial charge in [-0.15, -0.1) is 10.2 Å². The molecule has 1 aliphatic rings. The number of hydrogen-bond donors (Lipinski definition) is 2. The van der Waals surface area contributed by atoms with Crippen molar-refractivity contribution in [3.8, 4) is 0 Å². The molecule has 3 aromatic rings. The molecule has 33 heavy (non-hydrogen) atoms. The molecule has 12 heteroatoms. The number of anilines is 2. The number of likely N-dealkylation sites (tertiary alicyclic amines) is 1. The number of nitrogens with zero attached hydrogens (tertiary/aromatic N) is 3. The third-order valence-electron chi connectivity index (χ3n) is 5.01. The van der Waals surface area contributed by atoms with E-state index in [0.717, 1.165) is 17.4 Å². The van der Waals surface area contributed by atoms with Gasteiger partial charge in [0.2, 0.25) is 5.01 Å². The number of amides is 3. The number of aromatic nitrogens is 2. The van der Waals surface area contributed by atoms with E-state index in [9.17, 15) is 22.8 Å². The van der Waals surface area contributed by atoms with Crippen molar-refractivity contribution in [2.75, 3.05) is 17.2 Å². The largest absolute Gasteiger partial charge is 0.418 e. The van der Waals surface area contributed by atoms with Gasteiger partial charge in [0.05, 0.1) is 17.3 Å². The summed E-state index contributed by atoms with van der Waals surface area (Å²) >= 11 is 6.87. The van der Waals surface area contributed by atoms with Crippen molar-refractivity contribution < 1.29 is 22.8 Å². The summed E-state index contributed by atoms with van der Waals surface area (Å²) in [7, 11) is 0. The zero-order valence-electron chi connectivity index (χ0n) is 16.9. The highest BCUT2D eigenvalue weighted by molar-refractivity contribution is 7.13. The van der Waals surface area contributed by atoms with E-state index in [1.807, 2.05) is 0 Å². The lowest BCUT2D eigenvalue weighted by Crippen LogP contribution is -2.35. The van der Waals surface area contributed by atoms with Crippen LogP contribution in [0, 0.1) is 0 Å². The highest BCUT2D eigenvalue weighted by atomic mass is 35.5. The van der Waals surface area contributed by atoms with Gasteiger partial charge in [-0.05, 0) is 49.2 Å². The average Bonchev–Trinajstić information content (AvgIpc) is 3.44. The third-order valence-corrected chi connectivity index (χ3v) is 6.28. The molecule has 0 saturated carbocycles. The van der Waals surface area contributed by atoms with Gasteiger partial charge >= 0.3 is 12.2 Å². The topological polar surface area (TPSA) is 87.2 Å². The van der Waals surface area contributed by atoms with Gasteiger partial charge in [-0.25, -0.2) is 4.79 Å². The summed E-state index contributed by atoms with van der Waals surface area (Å²) in [4.78, 5) is 26.7. The van der Waals surface area contributed by atoms with Crippen molar-refractivity contribution in [1.29, 1.82) is 0 Å². The molecule has 0 spiro atoms. The van der Waals surface area contributed by atoms with Crippen LogP contribution < -0.4 is 10.6 Å². The molecule has 1 aliphatic heterocycles. The van der Waals surface area contributed by atoms with Crippen LogP contribution in [0.3, 0.4) is 0 Å². The molecular formula is C21H17ClF3N5O2S. The van der Waals surface area contributed by atoms with Gasteiger partial charge in [0.25, 0.3) is 5.91 Å². The maximum Gasteiger partial charge on any atom is 0.418 e. The van der Waals surface area contributed by atoms with Crippen LogP contribution >= 0.6 is 22.9 Å². The molecule has 2 heterocycles. The Morgan fingerprint density at radius 3 is 2.52 bits per heavy atom. The highest BCUT2D eigenvalue weighted by Crippen LogP contribution is 2.37. The summed E-state index contributed by atoms with van der Waals surface area (Å²) < 4.78 is 39.7. The Labute approximate surface area is 195 Å². The van der Waals surface area contributed by atoms with Gasteiger partial charge in [0.1, 0.15) is 5.01 Å². The first-order chi connectivity index (χ1) is 15.7. The second-order valence-corrected chi connectivity index (χ2v) is 8.68. The SMILES string of the molecule is O=C(Nc1ccc(Cl)cc1)c1nnc(C2CCCN2C(=O)Nc2ccccc2C(F)(F)F)s1. The predicted molar refractivity (Wildman–Crippen MR) is 118 cm³/mol. The number of carbonyl (C=O) groups is 2. The molecule has 4 rings (SSSR count). The number of hydrogen-bond acceptors (Lipinski definition) is 5. The van der Waals surface area contributed by atoms with E-state index in [1.54, 1.807) is 24.3 Å². The zero-order valence-corrected chi connectivity index (χ0v) is 18.5. The van der Waals surface area contributed by atoms with Gasteiger partial charge in [-0.3, -0.25) is 4.79 Å². The number of rotatable bonds is 4. The van der Waals surface area contributed by atoms with E-state index in [4.69, 9.17) is 11.6 Å². The Morgan fingerprint density at radius 1 is 1.06 bits per heavy atom. The molecule has 2 N–H and O–H groups in total. The van der Waals surface area contributed by atoms with Crippen LogP contribution in [-0.2, 0) is 6.18 Å². The number of nitrogens with one attached hydrogen (secondary N) is 2. The number of urea groups is 1.